The maximum atomic E-state index is 13.2. The number of nitrogens with one attached hydrogen (secondary N) is 1. The Morgan fingerprint density at radius 3 is 2.78 bits per heavy atom. The second-order valence-electron chi connectivity index (χ2n) is 8.55. The molecule has 0 unspecified atom stereocenters. The number of nitrogens with zero attached hydrogens (tertiary/aromatic N) is 5. The Balaban J connectivity index is 1.46. The molecule has 0 aromatic carbocycles. The molecule has 174 valence electrons. The largest absolute Gasteiger partial charge is 0.464 e. The van der Waals surface area contributed by atoms with Gasteiger partial charge in [-0.15, -0.1) is 16.4 Å². The number of esters is 1. The second-order valence-corrected chi connectivity index (χ2v) is 9.58. The van der Waals surface area contributed by atoms with E-state index < -0.39 is 5.97 Å². The lowest BCUT2D eigenvalue weighted by Crippen LogP contribution is -2.51. The molecule has 1 amide bonds. The fourth-order valence-corrected chi connectivity index (χ4v) is 5.48. The maximum absolute atomic E-state index is 13.2. The number of methoxy groups -OCH3 is 1. The van der Waals surface area contributed by atoms with Gasteiger partial charge >= 0.3 is 5.97 Å². The van der Waals surface area contributed by atoms with Crippen molar-refractivity contribution in [2.45, 2.75) is 57.3 Å². The molecule has 2 aromatic heterocycles. The normalized spacial score (nSPS) is 22.8. The number of aromatic nitrogens is 3. The summed E-state index contributed by atoms with van der Waals surface area (Å²) in [5, 5.41) is 13.3. The Kier molecular flexibility index (Phi) is 7.54. The van der Waals surface area contributed by atoms with Gasteiger partial charge < -0.3 is 15.0 Å². The second kappa shape index (κ2) is 10.5. The molecule has 9 nitrogen and oxygen atoms in total. The molecule has 0 bridgehead atoms. The summed E-state index contributed by atoms with van der Waals surface area (Å²) in [4.78, 5) is 31.0. The Morgan fingerprint density at radius 1 is 1.28 bits per heavy atom. The quantitative estimate of drug-likeness (QED) is 0.602. The molecular formula is C22H32N6O3S. The van der Waals surface area contributed by atoms with Crippen molar-refractivity contribution in [3.8, 4) is 0 Å². The van der Waals surface area contributed by atoms with Gasteiger partial charge in [0, 0.05) is 17.5 Å². The fraction of sp³-hybridized carbons (Fsp3) is 0.636. The Labute approximate surface area is 192 Å². The summed E-state index contributed by atoms with van der Waals surface area (Å²) >= 11 is 1.65. The number of piperidine rings is 1. The minimum atomic E-state index is -0.500. The van der Waals surface area contributed by atoms with Crippen molar-refractivity contribution in [3.05, 3.63) is 34.3 Å². The zero-order chi connectivity index (χ0) is 22.5. The Hall–Kier alpha value is -2.30. The number of likely N-dealkylation sites (tertiary alicyclic amines) is 2. The van der Waals surface area contributed by atoms with Crippen LogP contribution in [0.3, 0.4) is 0 Å². The van der Waals surface area contributed by atoms with Gasteiger partial charge in [-0.1, -0.05) is 18.2 Å². The smallest absolute Gasteiger partial charge is 0.360 e. The molecule has 4 rings (SSSR count). The van der Waals surface area contributed by atoms with Crippen molar-refractivity contribution < 1.29 is 14.3 Å². The zero-order valence-corrected chi connectivity index (χ0v) is 19.6. The van der Waals surface area contributed by atoms with Crippen molar-refractivity contribution in [3.63, 3.8) is 0 Å². The highest BCUT2D eigenvalue weighted by atomic mass is 32.1. The highest BCUT2D eigenvalue weighted by Crippen LogP contribution is 2.32. The lowest BCUT2D eigenvalue weighted by molar-refractivity contribution is -0.126. The average molecular weight is 461 g/mol. The van der Waals surface area contributed by atoms with Crippen LogP contribution in [0.5, 0.6) is 0 Å². The first-order chi connectivity index (χ1) is 15.6. The van der Waals surface area contributed by atoms with E-state index in [1.807, 2.05) is 17.5 Å². The van der Waals surface area contributed by atoms with Crippen LogP contribution in [0.1, 0.15) is 54.0 Å². The first kappa shape index (κ1) is 22.9. The van der Waals surface area contributed by atoms with Gasteiger partial charge in [0.1, 0.15) is 0 Å². The van der Waals surface area contributed by atoms with E-state index in [4.69, 9.17) is 4.74 Å². The van der Waals surface area contributed by atoms with Crippen molar-refractivity contribution >= 4 is 23.2 Å². The van der Waals surface area contributed by atoms with Crippen LogP contribution < -0.4 is 5.32 Å². The molecule has 0 aliphatic carbocycles. The predicted molar refractivity (Wildman–Crippen MR) is 121 cm³/mol. The molecular weight excluding hydrogens is 428 g/mol. The summed E-state index contributed by atoms with van der Waals surface area (Å²) in [5.74, 6) is -0.440. The Morgan fingerprint density at radius 2 is 2.09 bits per heavy atom. The van der Waals surface area contributed by atoms with E-state index >= 15 is 0 Å². The Bertz CT molecular complexity index is 893. The summed E-state index contributed by atoms with van der Waals surface area (Å²) in [6.07, 6.45) is 5.57. The van der Waals surface area contributed by atoms with Gasteiger partial charge in [-0.2, -0.15) is 0 Å². The maximum Gasteiger partial charge on any atom is 0.360 e. The number of ether oxygens (including phenoxy) is 1. The molecule has 2 aliphatic rings. The van der Waals surface area contributed by atoms with Crippen molar-refractivity contribution in [2.24, 2.45) is 0 Å². The van der Waals surface area contributed by atoms with E-state index in [0.29, 0.717) is 19.0 Å². The average Bonchev–Trinajstić information content (AvgIpc) is 3.58. The number of carbonyl (C=O) groups excluding carboxylic acids is 2. The van der Waals surface area contributed by atoms with Gasteiger partial charge in [-0.05, 0) is 56.8 Å². The SMILES string of the molecule is CCCN1CCC(N2C[C@H](n3cc(C(=O)OC)nn3)C[C@H]2C(=O)NCc2cccs2)CC1. The first-order valence-corrected chi connectivity index (χ1v) is 12.2. The van der Waals surface area contributed by atoms with Gasteiger partial charge in [0.2, 0.25) is 5.91 Å². The lowest BCUT2D eigenvalue weighted by Gasteiger charge is -2.38. The van der Waals surface area contributed by atoms with Gasteiger partial charge in [-0.3, -0.25) is 9.69 Å². The third-order valence-electron chi connectivity index (χ3n) is 6.48. The van der Waals surface area contributed by atoms with Crippen LogP contribution >= 0.6 is 11.3 Å². The van der Waals surface area contributed by atoms with Crippen LogP contribution in [-0.2, 0) is 16.1 Å². The van der Waals surface area contributed by atoms with Crippen LogP contribution in [0.2, 0.25) is 0 Å². The van der Waals surface area contributed by atoms with Crippen LogP contribution in [0, 0.1) is 0 Å². The molecule has 32 heavy (non-hydrogen) atoms. The number of thiophene rings is 1. The summed E-state index contributed by atoms with van der Waals surface area (Å²) < 4.78 is 6.47. The number of rotatable bonds is 8. The minimum Gasteiger partial charge on any atom is -0.464 e. The molecule has 2 aliphatic heterocycles. The van der Waals surface area contributed by atoms with E-state index in [0.717, 1.165) is 43.9 Å². The van der Waals surface area contributed by atoms with Gasteiger partial charge in [-0.25, -0.2) is 9.48 Å². The van der Waals surface area contributed by atoms with E-state index in [9.17, 15) is 9.59 Å². The predicted octanol–water partition coefficient (Wildman–Crippen LogP) is 1.93. The lowest BCUT2D eigenvalue weighted by atomic mass is 10.0. The standard InChI is InChI=1S/C22H32N6O3S/c1-3-8-26-9-6-16(7-10-26)27-14-17(28-15-19(24-25-28)22(30)31-2)12-20(27)21(29)23-13-18-5-4-11-32-18/h4-5,11,15-17,20H,3,6-10,12-14H2,1-2H3,(H,23,29)/t17-,20+/m1/s1. The molecule has 0 saturated carbocycles. The van der Waals surface area contributed by atoms with Gasteiger partial charge in [0.05, 0.1) is 31.9 Å². The molecule has 2 fully saturated rings. The summed E-state index contributed by atoms with van der Waals surface area (Å²) in [6.45, 7) is 6.76. The van der Waals surface area contributed by atoms with Crippen molar-refractivity contribution in [2.75, 3.05) is 33.3 Å². The summed E-state index contributed by atoms with van der Waals surface area (Å²) in [6, 6.07) is 4.18. The monoisotopic (exact) mass is 460 g/mol. The van der Waals surface area contributed by atoms with Gasteiger partial charge in [0.15, 0.2) is 5.69 Å². The van der Waals surface area contributed by atoms with Crippen LogP contribution in [0.25, 0.3) is 0 Å². The van der Waals surface area contributed by atoms with Crippen molar-refractivity contribution in [1.29, 1.82) is 0 Å². The summed E-state index contributed by atoms with van der Waals surface area (Å²) in [5.41, 5.74) is 0.192. The molecule has 2 aromatic rings. The molecule has 2 saturated heterocycles. The van der Waals surface area contributed by atoms with E-state index in [1.54, 1.807) is 22.2 Å². The number of hydrogen-bond acceptors (Lipinski definition) is 8. The summed E-state index contributed by atoms with van der Waals surface area (Å²) in [7, 11) is 1.33. The zero-order valence-electron chi connectivity index (χ0n) is 18.8. The number of hydrogen-bond donors (Lipinski definition) is 1. The van der Waals surface area contributed by atoms with E-state index in [1.165, 1.54) is 13.5 Å². The minimum absolute atomic E-state index is 0.00735. The number of carbonyl (C=O) groups is 2. The van der Waals surface area contributed by atoms with E-state index in [-0.39, 0.29) is 23.7 Å². The third kappa shape index (κ3) is 5.19. The van der Waals surface area contributed by atoms with Crippen LogP contribution in [0.4, 0.5) is 0 Å². The van der Waals surface area contributed by atoms with E-state index in [2.05, 4.69) is 32.4 Å². The van der Waals surface area contributed by atoms with Crippen LogP contribution in [0.15, 0.2) is 23.7 Å². The molecule has 10 heteroatoms. The molecule has 4 heterocycles. The highest BCUT2D eigenvalue weighted by molar-refractivity contribution is 7.09. The third-order valence-corrected chi connectivity index (χ3v) is 7.36. The van der Waals surface area contributed by atoms with Crippen molar-refractivity contribution in [1.82, 2.24) is 30.1 Å². The molecule has 2 atom stereocenters. The topological polar surface area (TPSA) is 92.6 Å². The number of amides is 1. The first-order valence-electron chi connectivity index (χ1n) is 11.4. The highest BCUT2D eigenvalue weighted by Gasteiger charge is 2.42. The molecule has 0 radical (unpaired) electrons. The molecule has 0 spiro atoms. The fourth-order valence-electron chi connectivity index (χ4n) is 4.84. The molecule has 1 N–H and O–H groups in total. The van der Waals surface area contributed by atoms with Gasteiger partial charge in [0.25, 0.3) is 0 Å². The van der Waals surface area contributed by atoms with Crippen LogP contribution in [-0.4, -0.2) is 82.0 Å².